The van der Waals surface area contributed by atoms with Crippen molar-refractivity contribution < 1.29 is 14.9 Å². The van der Waals surface area contributed by atoms with Crippen molar-refractivity contribution in [3.8, 4) is 17.9 Å². The van der Waals surface area contributed by atoms with E-state index < -0.39 is 0 Å². The molecule has 0 heterocycles. The van der Waals surface area contributed by atoms with E-state index in [0.717, 1.165) is 16.7 Å². The highest BCUT2D eigenvalue weighted by molar-refractivity contribution is 15.0. The Morgan fingerprint density at radius 1 is 0.829 bits per heavy atom. The number of methoxy groups -OCH3 is 1. The summed E-state index contributed by atoms with van der Waals surface area (Å²) < 4.78 is 5.10. The fourth-order valence-electron chi connectivity index (χ4n) is 2.90. The van der Waals surface area contributed by atoms with E-state index in [4.69, 9.17) is 26.8 Å². The van der Waals surface area contributed by atoms with Crippen molar-refractivity contribution in [3.05, 3.63) is 112 Å². The number of nitrogens with zero attached hydrogens (tertiary/aromatic N) is 3. The van der Waals surface area contributed by atoms with Crippen LogP contribution in [0.5, 0.6) is 5.75 Å². The van der Waals surface area contributed by atoms with Crippen LogP contribution in [0.3, 0.4) is 0 Å². The molecule has 0 amide bonds. The van der Waals surface area contributed by atoms with Gasteiger partial charge in [0.25, 0.3) is 0 Å². The maximum absolute atomic E-state index is 9.44. The highest BCUT2D eigenvalue weighted by Crippen LogP contribution is 2.28. The van der Waals surface area contributed by atoms with E-state index in [0.29, 0.717) is 34.6 Å². The first kappa shape index (κ1) is 30.1. The molecule has 0 atom stereocenters. The highest BCUT2D eigenvalue weighted by atomic mass is 128. The lowest BCUT2D eigenvalue weighted by Crippen LogP contribution is -1.90. The third-order valence-corrected chi connectivity index (χ3v) is 4.74. The van der Waals surface area contributed by atoms with Crippen LogP contribution in [0.25, 0.3) is 16.1 Å². The van der Waals surface area contributed by atoms with Crippen molar-refractivity contribution in [2.24, 2.45) is 0 Å². The molecule has 6 nitrogen and oxygen atoms in total. The second-order valence-electron chi connectivity index (χ2n) is 6.84. The first-order valence-corrected chi connectivity index (χ1v) is 16.4. The van der Waals surface area contributed by atoms with Crippen molar-refractivity contribution in [2.75, 3.05) is 7.11 Å². The molecule has 0 saturated carbocycles. The Kier molecular flexibility index (Phi) is 15.0. The molecule has 0 spiro atoms. The van der Waals surface area contributed by atoms with Crippen LogP contribution in [0.4, 0.5) is 0 Å². The smallest absolute Gasteiger partial charge is 0.212 e. The largest absolute Gasteiger partial charge is 0.497 e. The molecule has 2 N–H and O–H groups in total. The number of ether oxygens (including phenoxy) is 1. The molecule has 0 aliphatic heterocycles. The van der Waals surface area contributed by atoms with E-state index in [1.807, 2.05) is 24.3 Å². The Morgan fingerprint density at radius 2 is 1.29 bits per heavy atom. The van der Waals surface area contributed by atoms with E-state index in [-0.39, 0.29) is 13.2 Å². The Morgan fingerprint density at radius 3 is 1.69 bits per heavy atom. The number of aliphatic hydroxyl groups excluding tert-OH is 2. The van der Waals surface area contributed by atoms with Crippen LogP contribution in [0.2, 0.25) is 0 Å². The quantitative estimate of drug-likeness (QED) is 0.133. The molecule has 3 rings (SSSR count). The summed E-state index contributed by atoms with van der Waals surface area (Å²) in [6, 6.07) is 25.5. The van der Waals surface area contributed by atoms with Crippen molar-refractivity contribution in [3.63, 3.8) is 0 Å². The molecule has 0 radical (unpaired) electrons. The number of rotatable bonds is 6. The van der Waals surface area contributed by atoms with Crippen molar-refractivity contribution in [1.29, 1.82) is 10.5 Å². The predicted octanol–water partition coefficient (Wildman–Crippen LogP) is 6.52. The highest BCUT2D eigenvalue weighted by Gasteiger charge is 2.12. The summed E-state index contributed by atoms with van der Waals surface area (Å²) >= 11 is 4.24. The first-order valence-electron chi connectivity index (χ1n) is 10.2. The van der Waals surface area contributed by atoms with E-state index in [1.165, 1.54) is 0 Å². The fourth-order valence-corrected chi connectivity index (χ4v) is 2.90. The number of halogens is 2. The molecule has 0 aromatic heterocycles. The van der Waals surface area contributed by atoms with Crippen LogP contribution in [0.15, 0.2) is 72.8 Å². The number of hydrogen-bond acceptors (Lipinski definition) is 5. The lowest BCUT2D eigenvalue weighted by Gasteiger charge is -2.06. The minimum absolute atomic E-state index is 0.0555. The summed E-state index contributed by atoms with van der Waals surface area (Å²) in [5.41, 5.74) is 4.55. The molecule has 35 heavy (non-hydrogen) atoms. The topological polar surface area (TPSA) is 102 Å². The Hall–Kier alpha value is -2.95. The van der Waals surface area contributed by atoms with Gasteiger partial charge in [-0.1, -0.05) is 60.7 Å². The summed E-state index contributed by atoms with van der Waals surface area (Å²) in [6.07, 6.45) is 0.436. The first-order chi connectivity index (χ1) is 17.1. The fraction of sp³-hybridized carbons (Fsp3) is 0.148. The normalized spacial score (nSPS) is 10.0. The van der Waals surface area contributed by atoms with Gasteiger partial charge >= 0.3 is 0 Å². The summed E-state index contributed by atoms with van der Waals surface area (Å²) in [5.74, 6) is 0.693. The van der Waals surface area contributed by atoms with E-state index in [9.17, 15) is 5.26 Å². The summed E-state index contributed by atoms with van der Waals surface area (Å²) in [4.78, 5) is 3.52. The van der Waals surface area contributed by atoms with Gasteiger partial charge in [0.15, 0.2) is 0 Å². The lowest BCUT2D eigenvalue weighted by molar-refractivity contribution is 0.281. The number of hydrogen-bond donors (Lipinski definition) is 2. The maximum atomic E-state index is 9.44. The van der Waals surface area contributed by atoms with Gasteiger partial charge in [-0.05, 0) is 39.9 Å². The third-order valence-electron chi connectivity index (χ3n) is 4.74. The van der Waals surface area contributed by atoms with Gasteiger partial charge in [-0.25, -0.2) is 4.85 Å². The number of benzene rings is 3. The van der Waals surface area contributed by atoms with Gasteiger partial charge in [-0.2, -0.15) is 10.5 Å². The van der Waals surface area contributed by atoms with Crippen LogP contribution in [0.1, 0.15) is 27.8 Å². The zero-order valence-electron chi connectivity index (χ0n) is 18.9. The van der Waals surface area contributed by atoms with Crippen LogP contribution in [-0.2, 0) is 19.6 Å². The Labute approximate surface area is 229 Å². The molecule has 0 saturated heterocycles. The van der Waals surface area contributed by atoms with Crippen molar-refractivity contribution in [2.45, 2.75) is 19.6 Å². The Balaban J connectivity index is 0.000000395. The summed E-state index contributed by atoms with van der Waals surface area (Å²) in [6.45, 7) is 7.41. The zero-order chi connectivity index (χ0) is 26.1. The zero-order valence-corrected chi connectivity index (χ0v) is 23.3. The van der Waals surface area contributed by atoms with E-state index in [1.54, 1.807) is 55.6 Å². The second-order valence-corrected chi connectivity index (χ2v) is 6.84. The molecule has 3 aromatic rings. The van der Waals surface area contributed by atoms with Crippen LogP contribution >= 0.6 is 37.2 Å². The summed E-state index contributed by atoms with van der Waals surface area (Å²) in [5, 5.41) is 35.6. The van der Waals surface area contributed by atoms with Gasteiger partial charge in [0.2, 0.25) is 5.70 Å². The molecule has 0 aliphatic carbocycles. The van der Waals surface area contributed by atoms with Gasteiger partial charge < -0.3 is 14.9 Å². The monoisotopic (exact) mass is 691 g/mol. The number of nitriles is 2. The van der Waals surface area contributed by atoms with Gasteiger partial charge in [0, 0.05) is 37.2 Å². The number of allylic oxidation sites excluding steroid dienone is 1. The van der Waals surface area contributed by atoms with Gasteiger partial charge in [-0.15, -0.1) is 0 Å². The molecular formula is C27H23I2N3O3. The maximum Gasteiger partial charge on any atom is 0.212 e. The minimum atomic E-state index is -0.0555. The summed E-state index contributed by atoms with van der Waals surface area (Å²) in [7, 11) is 1.57. The standard InChI is InChI=1S/C18H14N2O2.C9H9NO.I2/c1-20-18(15-7-9-16(22-2)10-8-15)17(11-19)14-5-3-13(12-21)4-6-14;10-6-5-8-1-3-9(7-11)4-2-8;1-2/h3-10,21H,12H2,2H3;1-4,11H,5,7H2;/b18-17-;;. The average Bonchev–Trinajstić information content (AvgIpc) is 2.94. The third kappa shape index (κ3) is 9.67. The van der Waals surface area contributed by atoms with Crippen LogP contribution in [0, 0.1) is 29.2 Å². The van der Waals surface area contributed by atoms with Gasteiger partial charge in [0.05, 0.1) is 51.0 Å². The molecule has 0 fully saturated rings. The molecule has 0 unspecified atom stereocenters. The molecular weight excluding hydrogens is 668 g/mol. The van der Waals surface area contributed by atoms with Crippen LogP contribution < -0.4 is 4.74 Å². The van der Waals surface area contributed by atoms with Crippen molar-refractivity contribution >= 4 is 48.5 Å². The predicted molar refractivity (Wildman–Crippen MR) is 154 cm³/mol. The second kappa shape index (κ2) is 17.5. The molecule has 3 aromatic carbocycles. The number of aliphatic hydroxyl groups is 2. The SMILES string of the molecule is II.N#CCc1ccc(CO)cc1.[C-]#[N+]/C(=C(/C#N)c1ccc(CO)cc1)c1ccc(OC)cc1. The minimum Gasteiger partial charge on any atom is -0.497 e. The lowest BCUT2D eigenvalue weighted by atomic mass is 9.99. The molecule has 178 valence electrons. The van der Waals surface area contributed by atoms with Gasteiger partial charge in [0.1, 0.15) is 5.75 Å². The van der Waals surface area contributed by atoms with E-state index >= 15 is 0 Å². The molecule has 0 bridgehead atoms. The van der Waals surface area contributed by atoms with Crippen molar-refractivity contribution in [1.82, 2.24) is 0 Å². The molecule has 8 heteroatoms. The van der Waals surface area contributed by atoms with E-state index in [2.05, 4.69) is 54.2 Å². The Bertz CT molecular complexity index is 1140. The molecule has 0 aliphatic rings. The average molecular weight is 691 g/mol. The van der Waals surface area contributed by atoms with Gasteiger partial charge in [-0.3, -0.25) is 0 Å². The van der Waals surface area contributed by atoms with Crippen LogP contribution in [-0.4, -0.2) is 17.3 Å².